The van der Waals surface area contributed by atoms with E-state index in [-0.39, 0.29) is 4.90 Å². The van der Waals surface area contributed by atoms with Crippen LogP contribution in [0.5, 0.6) is 5.75 Å². The highest BCUT2D eigenvalue weighted by atomic mass is 32.2. The van der Waals surface area contributed by atoms with Crippen molar-refractivity contribution in [3.8, 4) is 5.75 Å². The summed E-state index contributed by atoms with van der Waals surface area (Å²) < 4.78 is 31.0. The first kappa shape index (κ1) is 13.3. The van der Waals surface area contributed by atoms with Crippen LogP contribution in [0.2, 0.25) is 0 Å². The number of benzene rings is 1. The van der Waals surface area contributed by atoms with Gasteiger partial charge in [-0.3, -0.25) is 0 Å². The fourth-order valence-corrected chi connectivity index (χ4v) is 2.44. The monoisotopic (exact) mass is 261 g/mol. The fourth-order valence-electron chi connectivity index (χ4n) is 1.15. The molecule has 1 aromatic rings. The zero-order valence-corrected chi connectivity index (χ0v) is 10.7. The van der Waals surface area contributed by atoms with E-state index in [1.165, 1.54) is 12.1 Å². The average Bonchev–Trinajstić information content (AvgIpc) is 2.28. The Morgan fingerprint density at radius 1 is 1.31 bits per heavy atom. The van der Waals surface area contributed by atoms with E-state index in [0.717, 1.165) is 0 Å². The Kier molecular flexibility index (Phi) is 5.11. The largest absolute Gasteiger partial charge is 0.494 e. The highest BCUT2D eigenvalue weighted by Gasteiger charge is 2.12. The van der Waals surface area contributed by atoms with Gasteiger partial charge in [-0.05, 0) is 31.2 Å². The molecule has 0 bridgehead atoms. The Morgan fingerprint density at radius 2 is 1.94 bits per heavy atom. The molecule has 0 fully saturated rings. The predicted octanol–water partition coefficient (Wildman–Crippen LogP) is 1.29. The van der Waals surface area contributed by atoms with Gasteiger partial charge in [0.2, 0.25) is 10.0 Å². The quantitative estimate of drug-likeness (QED) is 0.759. The van der Waals surface area contributed by atoms with E-state index < -0.39 is 10.0 Å². The van der Waals surface area contributed by atoms with Crippen molar-refractivity contribution in [3.63, 3.8) is 0 Å². The third kappa shape index (κ3) is 3.70. The molecule has 1 rings (SSSR count). The second-order valence-electron chi connectivity index (χ2n) is 3.03. The van der Waals surface area contributed by atoms with Crippen molar-refractivity contribution in [2.75, 3.05) is 18.9 Å². The van der Waals surface area contributed by atoms with Crippen molar-refractivity contribution in [1.82, 2.24) is 4.72 Å². The number of hydrogen-bond acceptors (Lipinski definition) is 4. The van der Waals surface area contributed by atoms with Gasteiger partial charge in [-0.25, -0.2) is 13.1 Å². The van der Waals surface area contributed by atoms with Crippen LogP contribution in [0.4, 0.5) is 0 Å². The lowest BCUT2D eigenvalue weighted by atomic mass is 10.3. The Morgan fingerprint density at radius 3 is 2.44 bits per heavy atom. The van der Waals surface area contributed by atoms with E-state index in [9.17, 15) is 8.42 Å². The molecular weight excluding hydrogens is 246 g/mol. The molecule has 0 atom stereocenters. The molecule has 90 valence electrons. The normalized spacial score (nSPS) is 11.4. The minimum absolute atomic E-state index is 0.234. The van der Waals surface area contributed by atoms with Gasteiger partial charge in [0.1, 0.15) is 5.75 Å². The SMILES string of the molecule is CCOc1ccc(S(=O)(=O)NCCS)cc1. The van der Waals surface area contributed by atoms with Crippen LogP contribution in [0.15, 0.2) is 29.2 Å². The van der Waals surface area contributed by atoms with Crippen LogP contribution in [0.1, 0.15) is 6.92 Å². The maximum Gasteiger partial charge on any atom is 0.240 e. The molecule has 0 aliphatic carbocycles. The molecule has 0 aliphatic rings. The standard InChI is InChI=1S/C10H15NO3S2/c1-2-14-9-3-5-10(6-4-9)16(12,13)11-7-8-15/h3-6,11,15H,2,7-8H2,1H3. The van der Waals surface area contributed by atoms with Gasteiger partial charge in [-0.2, -0.15) is 12.6 Å². The second kappa shape index (κ2) is 6.12. The molecule has 1 aromatic carbocycles. The molecule has 0 radical (unpaired) electrons. The Balaban J connectivity index is 2.80. The van der Waals surface area contributed by atoms with Crippen molar-refractivity contribution in [2.24, 2.45) is 0 Å². The number of rotatable bonds is 6. The maximum atomic E-state index is 11.7. The predicted molar refractivity (Wildman–Crippen MR) is 66.7 cm³/mol. The zero-order chi connectivity index (χ0) is 12.0. The summed E-state index contributed by atoms with van der Waals surface area (Å²) in [5.74, 6) is 1.13. The third-order valence-corrected chi connectivity index (χ3v) is 3.55. The number of ether oxygens (including phenoxy) is 1. The summed E-state index contributed by atoms with van der Waals surface area (Å²) in [5, 5.41) is 0. The first-order valence-corrected chi connectivity index (χ1v) is 7.05. The Labute approximate surface area is 101 Å². The van der Waals surface area contributed by atoms with E-state index in [2.05, 4.69) is 17.4 Å². The summed E-state index contributed by atoms with van der Waals surface area (Å²) in [6.45, 7) is 2.75. The van der Waals surface area contributed by atoms with Crippen LogP contribution in [0, 0.1) is 0 Å². The summed E-state index contributed by atoms with van der Waals surface area (Å²) in [7, 11) is -3.41. The molecular formula is C10H15NO3S2. The van der Waals surface area contributed by atoms with Crippen LogP contribution >= 0.6 is 12.6 Å². The molecule has 0 spiro atoms. The van der Waals surface area contributed by atoms with Gasteiger partial charge < -0.3 is 4.74 Å². The number of hydrogen-bond donors (Lipinski definition) is 2. The van der Waals surface area contributed by atoms with E-state index in [1.807, 2.05) is 6.92 Å². The van der Waals surface area contributed by atoms with Gasteiger partial charge in [-0.15, -0.1) is 0 Å². The number of thiol groups is 1. The van der Waals surface area contributed by atoms with E-state index in [4.69, 9.17) is 4.74 Å². The summed E-state index contributed by atoms with van der Waals surface area (Å²) in [5.41, 5.74) is 0. The lowest BCUT2D eigenvalue weighted by molar-refractivity contribution is 0.340. The number of sulfonamides is 1. The molecule has 4 nitrogen and oxygen atoms in total. The lowest BCUT2D eigenvalue weighted by Gasteiger charge is -2.06. The van der Waals surface area contributed by atoms with Crippen molar-refractivity contribution < 1.29 is 13.2 Å². The molecule has 0 amide bonds. The minimum Gasteiger partial charge on any atom is -0.494 e. The summed E-state index contributed by atoms with van der Waals surface area (Å²) in [4.78, 5) is 0.234. The zero-order valence-electron chi connectivity index (χ0n) is 9.01. The van der Waals surface area contributed by atoms with Crippen molar-refractivity contribution in [2.45, 2.75) is 11.8 Å². The van der Waals surface area contributed by atoms with Crippen molar-refractivity contribution >= 4 is 22.7 Å². The molecule has 0 heterocycles. The minimum atomic E-state index is -3.41. The Hall–Kier alpha value is -0.720. The van der Waals surface area contributed by atoms with Crippen LogP contribution < -0.4 is 9.46 Å². The molecule has 0 aliphatic heterocycles. The van der Waals surface area contributed by atoms with Crippen molar-refractivity contribution in [3.05, 3.63) is 24.3 Å². The van der Waals surface area contributed by atoms with Crippen LogP contribution in [0.3, 0.4) is 0 Å². The highest BCUT2D eigenvalue weighted by Crippen LogP contribution is 2.15. The molecule has 0 saturated heterocycles. The molecule has 0 saturated carbocycles. The van der Waals surface area contributed by atoms with Crippen molar-refractivity contribution in [1.29, 1.82) is 0 Å². The van der Waals surface area contributed by atoms with Gasteiger partial charge in [-0.1, -0.05) is 0 Å². The van der Waals surface area contributed by atoms with E-state index >= 15 is 0 Å². The first-order valence-electron chi connectivity index (χ1n) is 4.93. The van der Waals surface area contributed by atoms with Gasteiger partial charge in [0.25, 0.3) is 0 Å². The fraction of sp³-hybridized carbons (Fsp3) is 0.400. The van der Waals surface area contributed by atoms with Gasteiger partial charge in [0, 0.05) is 12.3 Å². The van der Waals surface area contributed by atoms with Crippen LogP contribution in [0.25, 0.3) is 0 Å². The molecule has 6 heteroatoms. The number of nitrogens with one attached hydrogen (secondary N) is 1. The van der Waals surface area contributed by atoms with Gasteiger partial charge in [0.05, 0.1) is 11.5 Å². The summed E-state index contributed by atoms with van der Waals surface area (Å²) >= 11 is 3.94. The highest BCUT2D eigenvalue weighted by molar-refractivity contribution is 7.89. The lowest BCUT2D eigenvalue weighted by Crippen LogP contribution is -2.25. The Bertz CT molecular complexity index is 414. The first-order chi connectivity index (χ1) is 7.60. The van der Waals surface area contributed by atoms with E-state index in [1.54, 1.807) is 12.1 Å². The molecule has 1 N–H and O–H groups in total. The second-order valence-corrected chi connectivity index (χ2v) is 5.24. The molecule has 0 unspecified atom stereocenters. The summed E-state index contributed by atoms with van der Waals surface area (Å²) in [6, 6.07) is 6.31. The van der Waals surface area contributed by atoms with Crippen LogP contribution in [-0.2, 0) is 10.0 Å². The smallest absolute Gasteiger partial charge is 0.240 e. The molecule has 0 aromatic heterocycles. The topological polar surface area (TPSA) is 55.4 Å². The van der Waals surface area contributed by atoms with Gasteiger partial charge >= 0.3 is 0 Å². The van der Waals surface area contributed by atoms with E-state index in [0.29, 0.717) is 24.7 Å². The maximum absolute atomic E-state index is 11.7. The van der Waals surface area contributed by atoms with Crippen LogP contribution in [-0.4, -0.2) is 27.3 Å². The third-order valence-electron chi connectivity index (χ3n) is 1.85. The van der Waals surface area contributed by atoms with Gasteiger partial charge in [0.15, 0.2) is 0 Å². The molecule has 16 heavy (non-hydrogen) atoms. The summed E-state index contributed by atoms with van der Waals surface area (Å²) in [6.07, 6.45) is 0. The average molecular weight is 261 g/mol.